The van der Waals surface area contributed by atoms with Gasteiger partial charge in [-0.15, -0.1) is 0 Å². The Morgan fingerprint density at radius 2 is 2.22 bits per heavy atom. The van der Waals surface area contributed by atoms with Crippen LogP contribution in [0.1, 0.15) is 6.92 Å². The van der Waals surface area contributed by atoms with Crippen molar-refractivity contribution in [2.45, 2.75) is 6.92 Å². The van der Waals surface area contributed by atoms with Crippen LogP contribution in [0.2, 0.25) is 0 Å². The number of rotatable bonds is 8. The Labute approximate surface area is 107 Å². The molecule has 0 radical (unpaired) electrons. The van der Waals surface area contributed by atoms with Crippen LogP contribution in [0.3, 0.4) is 0 Å². The van der Waals surface area contributed by atoms with E-state index in [0.717, 1.165) is 11.4 Å². The molecule has 5 nitrogen and oxygen atoms in total. The van der Waals surface area contributed by atoms with Crippen molar-refractivity contribution in [3.63, 3.8) is 0 Å². The smallest absolute Gasteiger partial charge is 0.238 e. The van der Waals surface area contributed by atoms with Crippen LogP contribution >= 0.6 is 0 Å². The zero-order valence-electron chi connectivity index (χ0n) is 10.9. The van der Waals surface area contributed by atoms with Crippen LogP contribution in [0.15, 0.2) is 24.3 Å². The van der Waals surface area contributed by atoms with Crippen LogP contribution in [-0.4, -0.2) is 39.3 Å². The van der Waals surface area contributed by atoms with Gasteiger partial charge in [0.2, 0.25) is 5.91 Å². The maximum atomic E-state index is 11.6. The summed E-state index contributed by atoms with van der Waals surface area (Å²) in [5.74, 6) is 0.669. The fourth-order valence-corrected chi connectivity index (χ4v) is 1.41. The summed E-state index contributed by atoms with van der Waals surface area (Å²) in [5.41, 5.74) is 0.736. The van der Waals surface area contributed by atoms with E-state index in [9.17, 15) is 4.79 Å². The second-order valence-corrected chi connectivity index (χ2v) is 3.68. The summed E-state index contributed by atoms with van der Waals surface area (Å²) in [6.07, 6.45) is 0. The molecular weight excluding hydrogens is 232 g/mol. The predicted molar refractivity (Wildman–Crippen MR) is 71.0 cm³/mol. The SMILES string of the molecule is CCOc1cccc(NC(=O)CNCCOC)c1. The van der Waals surface area contributed by atoms with Gasteiger partial charge in [-0.05, 0) is 19.1 Å². The van der Waals surface area contributed by atoms with Gasteiger partial charge in [0.25, 0.3) is 0 Å². The number of ether oxygens (including phenoxy) is 2. The van der Waals surface area contributed by atoms with Crippen molar-refractivity contribution in [2.24, 2.45) is 0 Å². The molecule has 0 spiro atoms. The number of anilines is 1. The van der Waals surface area contributed by atoms with Crippen molar-refractivity contribution >= 4 is 11.6 Å². The van der Waals surface area contributed by atoms with Gasteiger partial charge < -0.3 is 20.1 Å². The van der Waals surface area contributed by atoms with Crippen LogP contribution in [-0.2, 0) is 9.53 Å². The number of amides is 1. The van der Waals surface area contributed by atoms with E-state index in [-0.39, 0.29) is 12.5 Å². The van der Waals surface area contributed by atoms with E-state index in [2.05, 4.69) is 10.6 Å². The highest BCUT2D eigenvalue weighted by atomic mass is 16.5. The first kappa shape index (κ1) is 14.5. The average Bonchev–Trinajstić information content (AvgIpc) is 2.35. The van der Waals surface area contributed by atoms with Crippen LogP contribution in [0.4, 0.5) is 5.69 Å². The van der Waals surface area contributed by atoms with Crippen LogP contribution < -0.4 is 15.4 Å². The molecule has 5 heteroatoms. The molecule has 100 valence electrons. The molecule has 0 saturated carbocycles. The Hall–Kier alpha value is -1.59. The largest absolute Gasteiger partial charge is 0.494 e. The molecular formula is C13H20N2O3. The molecule has 0 saturated heterocycles. The van der Waals surface area contributed by atoms with Gasteiger partial charge in [-0.3, -0.25) is 4.79 Å². The minimum Gasteiger partial charge on any atom is -0.494 e. The molecule has 0 aliphatic carbocycles. The molecule has 1 rings (SSSR count). The normalized spacial score (nSPS) is 10.1. The summed E-state index contributed by atoms with van der Waals surface area (Å²) < 4.78 is 10.2. The predicted octanol–water partition coefficient (Wildman–Crippen LogP) is 1.26. The number of hydrogen-bond donors (Lipinski definition) is 2. The van der Waals surface area contributed by atoms with Crippen LogP contribution in [0.25, 0.3) is 0 Å². The lowest BCUT2D eigenvalue weighted by atomic mass is 10.3. The highest BCUT2D eigenvalue weighted by Crippen LogP contribution is 2.16. The van der Waals surface area contributed by atoms with Gasteiger partial charge in [0.05, 0.1) is 19.8 Å². The summed E-state index contributed by atoms with van der Waals surface area (Å²) >= 11 is 0. The first-order valence-corrected chi connectivity index (χ1v) is 5.98. The zero-order chi connectivity index (χ0) is 13.2. The molecule has 0 heterocycles. The van der Waals surface area contributed by atoms with Crippen molar-refractivity contribution in [2.75, 3.05) is 38.7 Å². The van der Waals surface area contributed by atoms with E-state index in [0.29, 0.717) is 19.8 Å². The Bertz CT molecular complexity index is 369. The van der Waals surface area contributed by atoms with E-state index in [1.165, 1.54) is 0 Å². The molecule has 1 aromatic rings. The summed E-state index contributed by atoms with van der Waals surface area (Å²) in [7, 11) is 1.63. The third kappa shape index (κ3) is 5.65. The summed E-state index contributed by atoms with van der Waals surface area (Å²) in [5, 5.41) is 5.77. The molecule has 0 fully saturated rings. The van der Waals surface area contributed by atoms with Gasteiger partial charge in [0, 0.05) is 25.4 Å². The van der Waals surface area contributed by atoms with Crippen molar-refractivity contribution in [3.05, 3.63) is 24.3 Å². The van der Waals surface area contributed by atoms with Crippen molar-refractivity contribution in [1.82, 2.24) is 5.32 Å². The molecule has 1 aromatic carbocycles. The van der Waals surface area contributed by atoms with Gasteiger partial charge in [-0.2, -0.15) is 0 Å². The number of benzene rings is 1. The van der Waals surface area contributed by atoms with Gasteiger partial charge in [-0.1, -0.05) is 6.07 Å². The first-order chi connectivity index (χ1) is 8.76. The Balaban J connectivity index is 2.36. The van der Waals surface area contributed by atoms with E-state index >= 15 is 0 Å². The fourth-order valence-electron chi connectivity index (χ4n) is 1.41. The monoisotopic (exact) mass is 252 g/mol. The van der Waals surface area contributed by atoms with Crippen molar-refractivity contribution in [3.8, 4) is 5.75 Å². The van der Waals surface area contributed by atoms with Gasteiger partial charge >= 0.3 is 0 Å². The second-order valence-electron chi connectivity index (χ2n) is 3.68. The first-order valence-electron chi connectivity index (χ1n) is 5.98. The number of hydrogen-bond acceptors (Lipinski definition) is 4. The fraction of sp³-hybridized carbons (Fsp3) is 0.462. The quantitative estimate of drug-likeness (QED) is 0.684. The van der Waals surface area contributed by atoms with Crippen molar-refractivity contribution < 1.29 is 14.3 Å². The molecule has 2 N–H and O–H groups in total. The molecule has 0 bridgehead atoms. The average molecular weight is 252 g/mol. The van der Waals surface area contributed by atoms with Gasteiger partial charge in [-0.25, -0.2) is 0 Å². The van der Waals surface area contributed by atoms with E-state index in [1.54, 1.807) is 13.2 Å². The summed E-state index contributed by atoms with van der Waals surface area (Å²) in [6.45, 7) is 4.04. The van der Waals surface area contributed by atoms with Gasteiger partial charge in [0.1, 0.15) is 5.75 Å². The third-order valence-corrected chi connectivity index (χ3v) is 2.20. The Morgan fingerprint density at radius 3 is 2.94 bits per heavy atom. The maximum Gasteiger partial charge on any atom is 0.238 e. The second kappa shape index (κ2) is 8.49. The highest BCUT2D eigenvalue weighted by molar-refractivity contribution is 5.92. The minimum atomic E-state index is -0.0836. The van der Waals surface area contributed by atoms with Crippen molar-refractivity contribution in [1.29, 1.82) is 0 Å². The molecule has 0 aromatic heterocycles. The lowest BCUT2D eigenvalue weighted by Gasteiger charge is -2.08. The number of nitrogens with one attached hydrogen (secondary N) is 2. The van der Waals surface area contributed by atoms with E-state index < -0.39 is 0 Å². The molecule has 18 heavy (non-hydrogen) atoms. The van der Waals surface area contributed by atoms with Crippen LogP contribution in [0, 0.1) is 0 Å². The molecule has 0 aliphatic heterocycles. The number of methoxy groups -OCH3 is 1. The molecule has 0 aliphatic rings. The number of carbonyl (C=O) groups is 1. The minimum absolute atomic E-state index is 0.0836. The van der Waals surface area contributed by atoms with E-state index in [4.69, 9.17) is 9.47 Å². The summed E-state index contributed by atoms with van der Waals surface area (Å²) in [6, 6.07) is 7.33. The summed E-state index contributed by atoms with van der Waals surface area (Å²) in [4.78, 5) is 11.6. The molecule has 0 atom stereocenters. The lowest BCUT2D eigenvalue weighted by molar-refractivity contribution is -0.115. The third-order valence-electron chi connectivity index (χ3n) is 2.20. The topological polar surface area (TPSA) is 59.6 Å². The Kier molecular flexibility index (Phi) is 6.83. The standard InChI is InChI=1S/C13H20N2O3/c1-3-18-12-6-4-5-11(9-12)15-13(16)10-14-7-8-17-2/h4-6,9,14H,3,7-8,10H2,1-2H3,(H,15,16). The maximum absolute atomic E-state index is 11.6. The zero-order valence-corrected chi connectivity index (χ0v) is 10.9. The van der Waals surface area contributed by atoms with Gasteiger partial charge in [0.15, 0.2) is 0 Å². The lowest BCUT2D eigenvalue weighted by Crippen LogP contribution is -2.30. The number of carbonyl (C=O) groups excluding carboxylic acids is 1. The molecule has 0 unspecified atom stereocenters. The Morgan fingerprint density at radius 1 is 1.39 bits per heavy atom. The highest BCUT2D eigenvalue weighted by Gasteiger charge is 2.02. The molecule has 1 amide bonds. The van der Waals surface area contributed by atoms with E-state index in [1.807, 2.05) is 25.1 Å². The van der Waals surface area contributed by atoms with Crippen LogP contribution in [0.5, 0.6) is 5.75 Å².